The van der Waals surface area contributed by atoms with E-state index in [1.807, 2.05) is 0 Å². The summed E-state index contributed by atoms with van der Waals surface area (Å²) >= 11 is 0. The maximum absolute atomic E-state index is 11.5. The Morgan fingerprint density at radius 1 is 1.07 bits per heavy atom. The Morgan fingerprint density at radius 2 is 1.40 bits per heavy atom. The van der Waals surface area contributed by atoms with Gasteiger partial charge in [0.1, 0.15) is 24.7 Å². The molecule has 0 saturated carbocycles. The minimum absolute atomic E-state index is 0.658. The Morgan fingerprint density at radius 3 is 1.60 bits per heavy atom. The molecule has 0 unspecified atom stereocenters. The van der Waals surface area contributed by atoms with E-state index < -0.39 is 19.6 Å². The van der Waals surface area contributed by atoms with Gasteiger partial charge in [-0.3, -0.25) is 0 Å². The lowest BCUT2D eigenvalue weighted by Gasteiger charge is -1.99. The van der Waals surface area contributed by atoms with E-state index >= 15 is 0 Å². The van der Waals surface area contributed by atoms with Crippen LogP contribution in [0.5, 0.6) is 0 Å². The summed E-state index contributed by atoms with van der Waals surface area (Å²) in [7, 11) is -1.75. The van der Waals surface area contributed by atoms with E-state index in [0.717, 1.165) is 12.5 Å². The molecular formula is C8H8N2O4S. The highest BCUT2D eigenvalue weighted by atomic mass is 32.2. The normalized spacial score (nSPS) is 12.5. The van der Waals surface area contributed by atoms with Gasteiger partial charge >= 0.3 is 0 Å². The first-order chi connectivity index (χ1) is 7.04. The van der Waals surface area contributed by atoms with Crippen molar-refractivity contribution < 1.29 is 17.9 Å². The third kappa shape index (κ3) is 3.01. The summed E-state index contributed by atoms with van der Waals surface area (Å²) in [5, 5.41) is 17.1. The Labute approximate surface area is 87.6 Å². The van der Waals surface area contributed by atoms with E-state index in [1.54, 1.807) is 0 Å². The first-order valence-electron chi connectivity index (χ1n) is 3.55. The zero-order chi connectivity index (χ0) is 11.9. The molecule has 0 saturated heterocycles. The van der Waals surface area contributed by atoms with Gasteiger partial charge in [-0.15, -0.1) is 0 Å². The Hall–Kier alpha value is -1.99. The molecule has 0 aliphatic carbocycles. The lowest BCUT2D eigenvalue weighted by molar-refractivity contribution is 0.336. The number of sulfone groups is 1. The third-order valence-corrected chi connectivity index (χ3v) is 2.78. The molecule has 0 aromatic carbocycles. The lowest BCUT2D eigenvalue weighted by Crippen LogP contribution is -2.06. The van der Waals surface area contributed by atoms with Crippen LogP contribution in [0.15, 0.2) is 22.3 Å². The molecular weight excluding hydrogens is 220 g/mol. The van der Waals surface area contributed by atoms with Gasteiger partial charge < -0.3 is 9.47 Å². The monoisotopic (exact) mass is 228 g/mol. The van der Waals surface area contributed by atoms with Crippen LogP contribution in [-0.4, -0.2) is 22.6 Å². The molecule has 15 heavy (non-hydrogen) atoms. The summed E-state index contributed by atoms with van der Waals surface area (Å²) in [6.07, 6.45) is 1.49. The molecule has 0 amide bonds. The van der Waals surface area contributed by atoms with E-state index in [4.69, 9.17) is 10.5 Å². The second kappa shape index (κ2) is 5.68. The molecule has 0 bridgehead atoms. The van der Waals surface area contributed by atoms with Gasteiger partial charge in [-0.2, -0.15) is 10.5 Å². The highest BCUT2D eigenvalue weighted by molar-refractivity contribution is 7.99. The molecule has 0 aliphatic rings. The molecule has 80 valence electrons. The van der Waals surface area contributed by atoms with E-state index in [-0.39, 0.29) is 0 Å². The van der Waals surface area contributed by atoms with Crippen LogP contribution < -0.4 is 0 Å². The molecule has 0 radical (unpaired) electrons. The predicted molar refractivity (Wildman–Crippen MR) is 50.3 cm³/mol. The Balaban J connectivity index is 5.54. The fraction of sp³-hybridized carbons (Fsp3) is 0.250. The molecule has 0 heterocycles. The number of nitrogens with zero attached hydrogens (tertiary/aromatic N) is 2. The van der Waals surface area contributed by atoms with E-state index in [2.05, 4.69) is 9.47 Å². The molecule has 0 aromatic rings. The first kappa shape index (κ1) is 13.0. The molecule has 0 N–H and O–H groups in total. The number of rotatable bonds is 4. The van der Waals surface area contributed by atoms with E-state index in [1.165, 1.54) is 26.4 Å². The van der Waals surface area contributed by atoms with Crippen LogP contribution in [0.2, 0.25) is 0 Å². The van der Waals surface area contributed by atoms with Crippen molar-refractivity contribution in [3.05, 3.63) is 22.3 Å². The van der Waals surface area contributed by atoms with Gasteiger partial charge in [0.15, 0.2) is 9.81 Å². The van der Waals surface area contributed by atoms with Crippen LogP contribution in [0.1, 0.15) is 0 Å². The second-order valence-corrected chi connectivity index (χ2v) is 4.05. The SMILES string of the molecule is CO/C=C(\C#N)S(=O)(=O)/C(C#N)=C/OC. The van der Waals surface area contributed by atoms with Crippen LogP contribution in [0.25, 0.3) is 0 Å². The standard InChI is InChI=1S/C8H8N2O4S/c1-13-5-7(3-9)15(11,12)8(4-10)6-14-2/h5-6H,1-2H3/b7-5+,8-6+. The quantitative estimate of drug-likeness (QED) is 0.510. The summed E-state index contributed by atoms with van der Waals surface area (Å²) in [5.41, 5.74) is 0. The molecule has 0 atom stereocenters. The molecule has 7 heteroatoms. The van der Waals surface area contributed by atoms with Crippen LogP contribution in [-0.2, 0) is 19.3 Å². The van der Waals surface area contributed by atoms with Crippen molar-refractivity contribution in [3.63, 3.8) is 0 Å². The van der Waals surface area contributed by atoms with Gasteiger partial charge in [-0.25, -0.2) is 8.42 Å². The average molecular weight is 228 g/mol. The van der Waals surface area contributed by atoms with Gasteiger partial charge in [-0.05, 0) is 0 Å². The van der Waals surface area contributed by atoms with Crippen LogP contribution in [0, 0.1) is 22.7 Å². The fourth-order valence-corrected chi connectivity index (χ4v) is 1.56. The van der Waals surface area contributed by atoms with E-state index in [0.29, 0.717) is 0 Å². The summed E-state index contributed by atoms with van der Waals surface area (Å²) in [6.45, 7) is 0. The van der Waals surface area contributed by atoms with Crippen molar-refractivity contribution in [1.82, 2.24) is 0 Å². The smallest absolute Gasteiger partial charge is 0.232 e. The zero-order valence-electron chi connectivity index (χ0n) is 8.09. The van der Waals surface area contributed by atoms with Gasteiger partial charge in [0.05, 0.1) is 14.2 Å². The molecule has 0 aliphatic heterocycles. The van der Waals surface area contributed by atoms with Crippen molar-refractivity contribution in [2.75, 3.05) is 14.2 Å². The average Bonchev–Trinajstić information content (AvgIpc) is 2.21. The van der Waals surface area contributed by atoms with Gasteiger partial charge in [0.2, 0.25) is 9.84 Å². The van der Waals surface area contributed by atoms with Crippen LogP contribution >= 0.6 is 0 Å². The molecule has 0 rings (SSSR count). The fourth-order valence-electron chi connectivity index (χ4n) is 0.632. The second-order valence-electron chi connectivity index (χ2n) is 2.16. The maximum Gasteiger partial charge on any atom is 0.232 e. The van der Waals surface area contributed by atoms with Crippen molar-refractivity contribution >= 4 is 9.84 Å². The molecule has 0 fully saturated rings. The lowest BCUT2D eigenvalue weighted by atomic mass is 10.7. The molecule has 0 aromatic heterocycles. The largest absolute Gasteiger partial charge is 0.502 e. The van der Waals surface area contributed by atoms with Crippen molar-refractivity contribution in [2.24, 2.45) is 0 Å². The van der Waals surface area contributed by atoms with Gasteiger partial charge in [-0.1, -0.05) is 0 Å². The van der Waals surface area contributed by atoms with Crippen molar-refractivity contribution in [3.8, 4) is 12.1 Å². The zero-order valence-corrected chi connectivity index (χ0v) is 8.91. The summed E-state index contributed by atoms with van der Waals surface area (Å²) in [5.74, 6) is 0. The third-order valence-electron chi connectivity index (χ3n) is 1.25. The summed E-state index contributed by atoms with van der Waals surface area (Å²) in [6, 6.07) is 2.83. The van der Waals surface area contributed by atoms with Crippen LogP contribution in [0.4, 0.5) is 0 Å². The number of methoxy groups -OCH3 is 2. The van der Waals surface area contributed by atoms with Gasteiger partial charge in [0, 0.05) is 0 Å². The summed E-state index contributed by atoms with van der Waals surface area (Å²) < 4.78 is 31.9. The Bertz CT molecular complexity index is 424. The number of hydrogen-bond acceptors (Lipinski definition) is 6. The molecule has 6 nitrogen and oxygen atoms in total. The predicted octanol–water partition coefficient (Wildman–Crippen LogP) is 0.424. The highest BCUT2D eigenvalue weighted by Gasteiger charge is 2.24. The van der Waals surface area contributed by atoms with Crippen molar-refractivity contribution in [2.45, 2.75) is 0 Å². The minimum Gasteiger partial charge on any atom is -0.502 e. The minimum atomic E-state index is -4.14. The Kier molecular flexibility index (Phi) is 4.93. The number of allylic oxidation sites excluding steroid dienone is 2. The maximum atomic E-state index is 11.5. The van der Waals surface area contributed by atoms with Crippen molar-refractivity contribution in [1.29, 1.82) is 10.5 Å². The van der Waals surface area contributed by atoms with E-state index in [9.17, 15) is 8.42 Å². The topological polar surface area (TPSA) is 100 Å². The van der Waals surface area contributed by atoms with Crippen LogP contribution in [0.3, 0.4) is 0 Å². The number of hydrogen-bond donors (Lipinski definition) is 0. The highest BCUT2D eigenvalue weighted by Crippen LogP contribution is 2.16. The first-order valence-corrected chi connectivity index (χ1v) is 5.04. The van der Waals surface area contributed by atoms with Gasteiger partial charge in [0.25, 0.3) is 0 Å². The number of ether oxygens (including phenoxy) is 2. The number of nitriles is 2. The summed E-state index contributed by atoms with van der Waals surface area (Å²) in [4.78, 5) is -1.32. The molecule has 0 spiro atoms.